The van der Waals surface area contributed by atoms with E-state index in [2.05, 4.69) is 10.2 Å². The van der Waals surface area contributed by atoms with Gasteiger partial charge in [0.2, 0.25) is 17.7 Å². The minimum Gasteiger partial charge on any atom is -0.420 e. The van der Waals surface area contributed by atoms with Crippen molar-refractivity contribution >= 4 is 5.91 Å². The van der Waals surface area contributed by atoms with E-state index in [1.54, 1.807) is 0 Å². The molecule has 0 N–H and O–H groups in total. The van der Waals surface area contributed by atoms with Gasteiger partial charge in [-0.15, -0.1) is 10.2 Å². The van der Waals surface area contributed by atoms with Gasteiger partial charge >= 0.3 is 0 Å². The van der Waals surface area contributed by atoms with Crippen LogP contribution in [0.15, 0.2) is 28.7 Å². The topological polar surface area (TPSA) is 59.2 Å². The van der Waals surface area contributed by atoms with E-state index in [0.29, 0.717) is 24.7 Å². The molecule has 1 saturated heterocycles. The lowest BCUT2D eigenvalue weighted by Crippen LogP contribution is -2.39. The SMILES string of the molecule is CCCC(=O)N1CCCC(c2nnc(-c3ccccc3C)o2)C1. The summed E-state index contributed by atoms with van der Waals surface area (Å²) in [5.41, 5.74) is 2.09. The number of likely N-dealkylation sites (tertiary alicyclic amines) is 1. The maximum Gasteiger partial charge on any atom is 0.248 e. The number of carbonyl (C=O) groups is 1. The van der Waals surface area contributed by atoms with Crippen LogP contribution >= 0.6 is 0 Å². The second-order valence-electron chi connectivity index (χ2n) is 6.19. The summed E-state index contributed by atoms with van der Waals surface area (Å²) in [4.78, 5) is 14.0. The minimum atomic E-state index is 0.148. The molecule has 0 radical (unpaired) electrons. The standard InChI is InChI=1S/C18H23N3O2/c1-3-7-16(22)21-11-6-9-14(12-21)17-19-20-18(23-17)15-10-5-4-8-13(15)2/h4-5,8,10,14H,3,6-7,9,11-12H2,1-2H3. The molecule has 2 heterocycles. The number of benzene rings is 1. The molecule has 5 nitrogen and oxygen atoms in total. The average Bonchev–Trinajstić information content (AvgIpc) is 3.05. The van der Waals surface area contributed by atoms with Gasteiger partial charge < -0.3 is 9.32 Å². The zero-order valence-electron chi connectivity index (χ0n) is 13.8. The fraction of sp³-hybridized carbons (Fsp3) is 0.500. The number of rotatable bonds is 4. The zero-order valence-corrected chi connectivity index (χ0v) is 13.8. The van der Waals surface area contributed by atoms with Crippen LogP contribution in [-0.2, 0) is 4.79 Å². The van der Waals surface area contributed by atoms with Crippen LogP contribution in [0.4, 0.5) is 0 Å². The molecular formula is C18H23N3O2. The quantitative estimate of drug-likeness (QED) is 0.866. The summed E-state index contributed by atoms with van der Waals surface area (Å²) in [5, 5.41) is 8.45. The third kappa shape index (κ3) is 3.44. The largest absolute Gasteiger partial charge is 0.420 e. The highest BCUT2D eigenvalue weighted by atomic mass is 16.4. The Morgan fingerprint density at radius 2 is 2.17 bits per heavy atom. The maximum absolute atomic E-state index is 12.1. The van der Waals surface area contributed by atoms with E-state index in [1.165, 1.54) is 0 Å². The Morgan fingerprint density at radius 3 is 2.96 bits per heavy atom. The highest BCUT2D eigenvalue weighted by molar-refractivity contribution is 5.76. The van der Waals surface area contributed by atoms with Crippen molar-refractivity contribution < 1.29 is 9.21 Å². The minimum absolute atomic E-state index is 0.148. The van der Waals surface area contributed by atoms with Crippen LogP contribution in [0.1, 0.15) is 50.0 Å². The highest BCUT2D eigenvalue weighted by Crippen LogP contribution is 2.29. The molecular weight excluding hydrogens is 290 g/mol. The predicted molar refractivity (Wildman–Crippen MR) is 87.9 cm³/mol. The predicted octanol–water partition coefficient (Wildman–Crippen LogP) is 3.55. The number of carbonyl (C=O) groups excluding carboxylic acids is 1. The van der Waals surface area contributed by atoms with Crippen LogP contribution in [0.3, 0.4) is 0 Å². The first-order valence-electron chi connectivity index (χ1n) is 8.36. The van der Waals surface area contributed by atoms with Crippen molar-refractivity contribution in [2.45, 2.75) is 45.4 Å². The number of aryl methyl sites for hydroxylation is 1. The third-order valence-corrected chi connectivity index (χ3v) is 4.40. The van der Waals surface area contributed by atoms with Crippen LogP contribution in [0.25, 0.3) is 11.5 Å². The monoisotopic (exact) mass is 313 g/mol. The number of aromatic nitrogens is 2. The summed E-state index contributed by atoms with van der Waals surface area (Å²) in [6.45, 7) is 5.60. The Balaban J connectivity index is 1.75. The molecule has 1 unspecified atom stereocenters. The molecule has 1 amide bonds. The lowest BCUT2D eigenvalue weighted by Gasteiger charge is -2.31. The van der Waals surface area contributed by atoms with Gasteiger partial charge in [-0.3, -0.25) is 4.79 Å². The molecule has 3 rings (SSSR count). The average molecular weight is 313 g/mol. The van der Waals surface area contributed by atoms with Gasteiger partial charge in [0, 0.05) is 25.1 Å². The first-order valence-corrected chi connectivity index (χ1v) is 8.36. The van der Waals surface area contributed by atoms with Crippen molar-refractivity contribution in [3.05, 3.63) is 35.7 Å². The van der Waals surface area contributed by atoms with Crippen molar-refractivity contribution in [2.24, 2.45) is 0 Å². The normalized spacial score (nSPS) is 18.2. The van der Waals surface area contributed by atoms with Gasteiger partial charge in [0.1, 0.15) is 0 Å². The van der Waals surface area contributed by atoms with Gasteiger partial charge in [-0.05, 0) is 37.8 Å². The molecule has 0 spiro atoms. The Kier molecular flexibility index (Phi) is 4.74. The number of amides is 1. The van der Waals surface area contributed by atoms with E-state index in [4.69, 9.17) is 4.42 Å². The lowest BCUT2D eigenvalue weighted by atomic mass is 9.97. The molecule has 122 valence electrons. The van der Waals surface area contributed by atoms with E-state index in [-0.39, 0.29) is 11.8 Å². The summed E-state index contributed by atoms with van der Waals surface area (Å²) in [7, 11) is 0. The van der Waals surface area contributed by atoms with Crippen LogP contribution in [0.5, 0.6) is 0 Å². The summed E-state index contributed by atoms with van der Waals surface area (Å²) in [5.74, 6) is 1.60. The van der Waals surface area contributed by atoms with Gasteiger partial charge in [-0.1, -0.05) is 25.1 Å². The first kappa shape index (κ1) is 15.7. The molecule has 1 aliphatic rings. The molecule has 5 heteroatoms. The molecule has 2 aromatic rings. The van der Waals surface area contributed by atoms with Gasteiger partial charge in [-0.2, -0.15) is 0 Å². The molecule has 23 heavy (non-hydrogen) atoms. The van der Waals surface area contributed by atoms with Crippen molar-refractivity contribution in [3.8, 4) is 11.5 Å². The van der Waals surface area contributed by atoms with Gasteiger partial charge in [-0.25, -0.2) is 0 Å². The van der Waals surface area contributed by atoms with Crippen molar-refractivity contribution in [3.63, 3.8) is 0 Å². The van der Waals surface area contributed by atoms with E-state index < -0.39 is 0 Å². The summed E-state index contributed by atoms with van der Waals surface area (Å²) in [6.07, 6.45) is 3.48. The Morgan fingerprint density at radius 1 is 1.35 bits per heavy atom. The van der Waals surface area contributed by atoms with E-state index >= 15 is 0 Å². The van der Waals surface area contributed by atoms with Crippen LogP contribution < -0.4 is 0 Å². The van der Waals surface area contributed by atoms with E-state index in [1.807, 2.05) is 43.0 Å². The number of hydrogen-bond donors (Lipinski definition) is 0. The number of piperidine rings is 1. The van der Waals surface area contributed by atoms with Crippen LogP contribution in [-0.4, -0.2) is 34.1 Å². The Labute approximate surface area is 136 Å². The molecule has 1 aromatic heterocycles. The highest BCUT2D eigenvalue weighted by Gasteiger charge is 2.28. The van der Waals surface area contributed by atoms with E-state index in [9.17, 15) is 4.79 Å². The maximum atomic E-state index is 12.1. The molecule has 1 fully saturated rings. The van der Waals surface area contributed by atoms with Crippen LogP contribution in [0.2, 0.25) is 0 Å². The summed E-state index contributed by atoms with van der Waals surface area (Å²) in [6, 6.07) is 7.99. The first-order chi connectivity index (χ1) is 11.2. The fourth-order valence-electron chi connectivity index (χ4n) is 3.10. The number of nitrogens with zero attached hydrogens (tertiary/aromatic N) is 3. The van der Waals surface area contributed by atoms with Crippen molar-refractivity contribution in [2.75, 3.05) is 13.1 Å². The molecule has 0 saturated carbocycles. The van der Waals surface area contributed by atoms with Gasteiger partial charge in [0.05, 0.1) is 5.92 Å². The van der Waals surface area contributed by atoms with E-state index in [0.717, 1.165) is 36.9 Å². The van der Waals surface area contributed by atoms with Crippen molar-refractivity contribution in [1.29, 1.82) is 0 Å². The summed E-state index contributed by atoms with van der Waals surface area (Å²) < 4.78 is 5.92. The molecule has 1 aliphatic heterocycles. The molecule has 0 aliphatic carbocycles. The number of hydrogen-bond acceptors (Lipinski definition) is 4. The molecule has 0 bridgehead atoms. The summed E-state index contributed by atoms with van der Waals surface area (Å²) >= 11 is 0. The molecule has 1 aromatic carbocycles. The lowest BCUT2D eigenvalue weighted by molar-refractivity contribution is -0.132. The second-order valence-corrected chi connectivity index (χ2v) is 6.19. The third-order valence-electron chi connectivity index (χ3n) is 4.40. The Hall–Kier alpha value is -2.17. The smallest absolute Gasteiger partial charge is 0.248 e. The van der Waals surface area contributed by atoms with Gasteiger partial charge in [0.25, 0.3) is 0 Å². The molecule has 1 atom stereocenters. The second kappa shape index (κ2) is 6.94. The fourth-order valence-corrected chi connectivity index (χ4v) is 3.10. The van der Waals surface area contributed by atoms with Crippen molar-refractivity contribution in [1.82, 2.24) is 15.1 Å². The zero-order chi connectivity index (χ0) is 16.2. The van der Waals surface area contributed by atoms with Crippen LogP contribution in [0, 0.1) is 6.92 Å². The van der Waals surface area contributed by atoms with Gasteiger partial charge in [0.15, 0.2) is 0 Å². The Bertz CT molecular complexity index is 680.